The number of nitrogens with one attached hydrogen (secondary N) is 1. The standard InChI is InChI=1S/C17H17F2N3O3/c1-3-22-10-13-14(8-9-20-15(13)21-16(22)23)24-11-4-6-12(7-5-11)25-17(2,18)19/h4-9H,3,10H2,1-2H3,(H,20,21,23). The van der Waals surface area contributed by atoms with E-state index in [1.165, 1.54) is 30.5 Å². The van der Waals surface area contributed by atoms with E-state index >= 15 is 0 Å². The maximum Gasteiger partial charge on any atom is 0.394 e. The van der Waals surface area contributed by atoms with Crippen LogP contribution in [0.15, 0.2) is 36.5 Å². The number of hydrogen-bond acceptors (Lipinski definition) is 4. The summed E-state index contributed by atoms with van der Waals surface area (Å²) in [6, 6.07) is 7.36. The zero-order valence-corrected chi connectivity index (χ0v) is 13.8. The summed E-state index contributed by atoms with van der Waals surface area (Å²) in [4.78, 5) is 17.6. The Morgan fingerprint density at radius 1 is 1.24 bits per heavy atom. The predicted octanol–water partition coefficient (Wildman–Crippen LogP) is 4.23. The van der Waals surface area contributed by atoms with Gasteiger partial charge in [0.15, 0.2) is 0 Å². The van der Waals surface area contributed by atoms with Crippen molar-refractivity contribution in [2.45, 2.75) is 26.5 Å². The summed E-state index contributed by atoms with van der Waals surface area (Å²) in [5, 5.41) is 2.71. The Morgan fingerprint density at radius 3 is 2.56 bits per heavy atom. The van der Waals surface area contributed by atoms with Gasteiger partial charge in [-0.15, -0.1) is 0 Å². The van der Waals surface area contributed by atoms with Gasteiger partial charge in [-0.25, -0.2) is 9.78 Å². The van der Waals surface area contributed by atoms with Crippen LogP contribution in [-0.4, -0.2) is 28.6 Å². The number of urea groups is 1. The van der Waals surface area contributed by atoms with Crippen LogP contribution in [-0.2, 0) is 6.54 Å². The van der Waals surface area contributed by atoms with Gasteiger partial charge in [-0.05, 0) is 37.3 Å². The van der Waals surface area contributed by atoms with Crippen LogP contribution in [0.1, 0.15) is 19.4 Å². The Kier molecular flexibility index (Phi) is 4.43. The molecule has 2 amide bonds. The van der Waals surface area contributed by atoms with Crippen molar-refractivity contribution in [3.05, 3.63) is 42.1 Å². The van der Waals surface area contributed by atoms with Gasteiger partial charge in [-0.3, -0.25) is 5.32 Å². The summed E-state index contributed by atoms with van der Waals surface area (Å²) in [6.07, 6.45) is -1.71. The van der Waals surface area contributed by atoms with Crippen LogP contribution in [0.25, 0.3) is 0 Å². The molecule has 0 saturated carbocycles. The summed E-state index contributed by atoms with van der Waals surface area (Å²) in [6.45, 7) is 3.49. The van der Waals surface area contributed by atoms with Gasteiger partial charge in [0.1, 0.15) is 23.1 Å². The number of carbonyl (C=O) groups is 1. The van der Waals surface area contributed by atoms with Crippen molar-refractivity contribution in [1.29, 1.82) is 0 Å². The summed E-state index contributed by atoms with van der Waals surface area (Å²) < 4.78 is 36.0. The SMILES string of the molecule is CCN1Cc2c(Oc3ccc(OC(C)(F)F)cc3)ccnc2NC1=O. The van der Waals surface area contributed by atoms with Crippen LogP contribution in [0.3, 0.4) is 0 Å². The van der Waals surface area contributed by atoms with Crippen LogP contribution in [0.5, 0.6) is 17.2 Å². The predicted molar refractivity (Wildman–Crippen MR) is 87.1 cm³/mol. The Labute approximate surface area is 143 Å². The molecule has 8 heteroatoms. The largest absolute Gasteiger partial charge is 0.457 e. The summed E-state index contributed by atoms with van der Waals surface area (Å²) in [5.74, 6) is 1.50. The van der Waals surface area contributed by atoms with Crippen LogP contribution in [0.4, 0.5) is 19.4 Å². The van der Waals surface area contributed by atoms with Crippen LogP contribution < -0.4 is 14.8 Å². The molecule has 2 aromatic rings. The molecule has 1 N–H and O–H groups in total. The minimum Gasteiger partial charge on any atom is -0.457 e. The zero-order chi connectivity index (χ0) is 18.0. The molecule has 132 valence electrons. The molecule has 0 bridgehead atoms. The first-order valence-corrected chi connectivity index (χ1v) is 7.74. The lowest BCUT2D eigenvalue weighted by Gasteiger charge is -2.28. The molecule has 2 heterocycles. The highest BCUT2D eigenvalue weighted by Crippen LogP contribution is 2.33. The lowest BCUT2D eigenvalue weighted by atomic mass is 10.2. The van der Waals surface area contributed by atoms with Crippen molar-refractivity contribution in [3.63, 3.8) is 0 Å². The molecule has 0 atom stereocenters. The molecule has 0 aliphatic carbocycles. The Hall–Kier alpha value is -2.90. The minimum atomic E-state index is -3.24. The molecular formula is C17H17F2N3O3. The third-order valence-electron chi connectivity index (χ3n) is 3.60. The molecule has 1 aliphatic rings. The van der Waals surface area contributed by atoms with Gasteiger partial charge in [0.25, 0.3) is 0 Å². The van der Waals surface area contributed by atoms with Crippen LogP contribution in [0, 0.1) is 0 Å². The molecule has 0 fully saturated rings. The molecule has 3 rings (SSSR count). The van der Waals surface area contributed by atoms with E-state index in [0.29, 0.717) is 37.3 Å². The first kappa shape index (κ1) is 16.9. The number of anilines is 1. The van der Waals surface area contributed by atoms with Crippen molar-refractivity contribution in [1.82, 2.24) is 9.88 Å². The number of halogens is 2. The molecule has 25 heavy (non-hydrogen) atoms. The van der Waals surface area contributed by atoms with Crippen LogP contribution in [0.2, 0.25) is 0 Å². The number of rotatable bonds is 5. The van der Waals surface area contributed by atoms with Gasteiger partial charge in [0, 0.05) is 19.7 Å². The molecule has 6 nitrogen and oxygen atoms in total. The summed E-state index contributed by atoms with van der Waals surface area (Å²) in [7, 11) is 0. The molecule has 1 aromatic heterocycles. The molecule has 0 spiro atoms. The average molecular weight is 349 g/mol. The van der Waals surface area contributed by atoms with Crippen molar-refractivity contribution in [2.75, 3.05) is 11.9 Å². The Balaban J connectivity index is 1.80. The van der Waals surface area contributed by atoms with E-state index < -0.39 is 6.11 Å². The first-order chi connectivity index (χ1) is 11.9. The van der Waals surface area contributed by atoms with E-state index in [1.807, 2.05) is 6.92 Å². The second-order valence-electron chi connectivity index (χ2n) is 5.56. The number of hydrogen-bond donors (Lipinski definition) is 1. The highest BCUT2D eigenvalue weighted by Gasteiger charge is 2.25. The highest BCUT2D eigenvalue weighted by atomic mass is 19.3. The molecule has 1 aliphatic heterocycles. The second-order valence-corrected chi connectivity index (χ2v) is 5.56. The average Bonchev–Trinajstić information content (AvgIpc) is 2.55. The normalized spacial score (nSPS) is 13.9. The number of benzene rings is 1. The quantitative estimate of drug-likeness (QED) is 0.877. The molecule has 0 unspecified atom stereocenters. The number of pyridine rings is 1. The fourth-order valence-corrected chi connectivity index (χ4v) is 2.44. The first-order valence-electron chi connectivity index (χ1n) is 7.74. The third kappa shape index (κ3) is 3.96. The third-order valence-corrected chi connectivity index (χ3v) is 3.60. The zero-order valence-electron chi connectivity index (χ0n) is 13.8. The van der Waals surface area contributed by atoms with Gasteiger partial charge in [-0.2, -0.15) is 8.78 Å². The van der Waals surface area contributed by atoms with Crippen LogP contribution >= 0.6 is 0 Å². The molecule has 1 aromatic carbocycles. The number of alkyl halides is 2. The smallest absolute Gasteiger partial charge is 0.394 e. The maximum absolute atomic E-state index is 12.8. The monoisotopic (exact) mass is 349 g/mol. The van der Waals surface area contributed by atoms with Gasteiger partial charge in [0.05, 0.1) is 12.1 Å². The fourth-order valence-electron chi connectivity index (χ4n) is 2.44. The summed E-state index contributed by atoms with van der Waals surface area (Å²) >= 11 is 0. The second kappa shape index (κ2) is 6.54. The number of carbonyl (C=O) groups excluding carboxylic acids is 1. The fraction of sp³-hybridized carbons (Fsp3) is 0.294. The topological polar surface area (TPSA) is 63.7 Å². The van der Waals surface area contributed by atoms with Crippen molar-refractivity contribution in [2.24, 2.45) is 0 Å². The van der Waals surface area contributed by atoms with E-state index in [0.717, 1.165) is 5.56 Å². The van der Waals surface area contributed by atoms with Crippen molar-refractivity contribution in [3.8, 4) is 17.2 Å². The number of amides is 2. The van der Waals surface area contributed by atoms with E-state index in [-0.39, 0.29) is 11.8 Å². The van der Waals surface area contributed by atoms with E-state index in [9.17, 15) is 13.6 Å². The Bertz CT molecular complexity index is 776. The van der Waals surface area contributed by atoms with Crippen molar-refractivity contribution >= 4 is 11.8 Å². The number of nitrogens with zero attached hydrogens (tertiary/aromatic N) is 2. The van der Waals surface area contributed by atoms with Crippen molar-refractivity contribution < 1.29 is 23.0 Å². The van der Waals surface area contributed by atoms with Gasteiger partial charge in [0.2, 0.25) is 0 Å². The van der Waals surface area contributed by atoms with E-state index in [1.54, 1.807) is 11.0 Å². The molecule has 0 saturated heterocycles. The number of fused-ring (bicyclic) bond motifs is 1. The summed E-state index contributed by atoms with van der Waals surface area (Å²) in [5.41, 5.74) is 0.754. The maximum atomic E-state index is 12.8. The highest BCUT2D eigenvalue weighted by molar-refractivity contribution is 5.91. The van der Waals surface area contributed by atoms with Gasteiger partial charge < -0.3 is 14.4 Å². The lowest BCUT2D eigenvalue weighted by Crippen LogP contribution is -2.38. The van der Waals surface area contributed by atoms with Gasteiger partial charge >= 0.3 is 12.1 Å². The van der Waals surface area contributed by atoms with E-state index in [2.05, 4.69) is 15.0 Å². The molecule has 0 radical (unpaired) electrons. The van der Waals surface area contributed by atoms with Gasteiger partial charge in [-0.1, -0.05) is 0 Å². The Morgan fingerprint density at radius 2 is 1.92 bits per heavy atom. The number of aromatic nitrogens is 1. The molecular weight excluding hydrogens is 332 g/mol. The van der Waals surface area contributed by atoms with E-state index in [4.69, 9.17) is 4.74 Å². The lowest BCUT2D eigenvalue weighted by molar-refractivity contribution is -0.158. The number of ether oxygens (including phenoxy) is 2. The minimum absolute atomic E-state index is 0.0426.